The van der Waals surface area contributed by atoms with Crippen LogP contribution in [-0.2, 0) is 17.3 Å². The summed E-state index contributed by atoms with van der Waals surface area (Å²) in [6.07, 6.45) is -4.11. The van der Waals surface area contributed by atoms with E-state index in [0.29, 0.717) is 24.4 Å². The molecule has 0 saturated heterocycles. The topological polar surface area (TPSA) is 60.5 Å². The van der Waals surface area contributed by atoms with Gasteiger partial charge in [-0.05, 0) is 19.4 Å². The molecule has 0 bridgehead atoms. The summed E-state index contributed by atoms with van der Waals surface area (Å²) in [6.45, 7) is 4.53. The van der Waals surface area contributed by atoms with Crippen LogP contribution >= 0.6 is 0 Å². The molecule has 5 nitrogen and oxygen atoms in total. The molecule has 122 valence electrons. The first-order valence-electron chi connectivity index (χ1n) is 6.95. The molecular weight excluding hydrogens is 311 g/mol. The van der Waals surface area contributed by atoms with Gasteiger partial charge in [0, 0.05) is 12.0 Å². The summed E-state index contributed by atoms with van der Waals surface area (Å²) in [5.41, 5.74) is 1.10. The van der Waals surface area contributed by atoms with Gasteiger partial charge in [0.15, 0.2) is 5.90 Å². The largest absolute Gasteiger partial charge is 0.473 e. The van der Waals surface area contributed by atoms with Gasteiger partial charge >= 0.3 is 12.1 Å². The van der Waals surface area contributed by atoms with E-state index in [0.717, 1.165) is 5.56 Å². The Morgan fingerprint density at radius 1 is 1.17 bits per heavy atom. The molecule has 0 N–H and O–H groups in total. The minimum absolute atomic E-state index is 0.0977. The third-order valence-corrected chi connectivity index (χ3v) is 3.27. The first kappa shape index (κ1) is 15.5. The SMILES string of the molecule is CC1(C)CN=C(Cc2ccc(-c3noc(C(F)(F)F)n3)cc2)O1. The Morgan fingerprint density at radius 3 is 2.39 bits per heavy atom. The van der Waals surface area contributed by atoms with Crippen LogP contribution in [0.25, 0.3) is 11.4 Å². The highest BCUT2D eigenvalue weighted by molar-refractivity contribution is 5.80. The number of nitrogens with zero attached hydrogens (tertiary/aromatic N) is 3. The molecule has 0 fully saturated rings. The molecule has 0 unspecified atom stereocenters. The number of aromatic nitrogens is 2. The Morgan fingerprint density at radius 2 is 1.87 bits per heavy atom. The highest BCUT2D eigenvalue weighted by Gasteiger charge is 2.38. The van der Waals surface area contributed by atoms with Crippen molar-refractivity contribution < 1.29 is 22.4 Å². The highest BCUT2D eigenvalue weighted by Crippen LogP contribution is 2.29. The smallest absolute Gasteiger partial charge is 0.471 e. The van der Waals surface area contributed by atoms with Gasteiger partial charge in [0.1, 0.15) is 5.60 Å². The van der Waals surface area contributed by atoms with E-state index >= 15 is 0 Å². The molecule has 23 heavy (non-hydrogen) atoms. The lowest BCUT2D eigenvalue weighted by Crippen LogP contribution is -2.24. The van der Waals surface area contributed by atoms with Crippen LogP contribution in [0.3, 0.4) is 0 Å². The first-order valence-corrected chi connectivity index (χ1v) is 6.95. The predicted molar refractivity (Wildman–Crippen MR) is 75.9 cm³/mol. The van der Waals surface area contributed by atoms with Gasteiger partial charge in [-0.15, -0.1) is 0 Å². The summed E-state index contributed by atoms with van der Waals surface area (Å²) in [4.78, 5) is 7.68. The maximum atomic E-state index is 12.4. The normalized spacial score (nSPS) is 17.0. The number of halogens is 3. The molecule has 1 aromatic heterocycles. The molecule has 2 aromatic rings. The Hall–Kier alpha value is -2.38. The number of ether oxygens (including phenoxy) is 1. The van der Waals surface area contributed by atoms with Crippen molar-refractivity contribution >= 4 is 5.90 Å². The summed E-state index contributed by atoms with van der Waals surface area (Å²) < 4.78 is 47.3. The molecule has 8 heteroatoms. The molecule has 1 aromatic carbocycles. The zero-order valence-electron chi connectivity index (χ0n) is 12.5. The van der Waals surface area contributed by atoms with E-state index in [-0.39, 0.29) is 11.4 Å². The summed E-state index contributed by atoms with van der Waals surface area (Å²) in [6, 6.07) is 6.83. The third-order valence-electron chi connectivity index (χ3n) is 3.27. The van der Waals surface area contributed by atoms with Crippen molar-refractivity contribution in [2.45, 2.75) is 32.0 Å². The van der Waals surface area contributed by atoms with E-state index in [9.17, 15) is 13.2 Å². The fraction of sp³-hybridized carbons (Fsp3) is 0.400. The maximum absolute atomic E-state index is 12.4. The van der Waals surface area contributed by atoms with Crippen molar-refractivity contribution in [3.63, 3.8) is 0 Å². The van der Waals surface area contributed by atoms with Crippen molar-refractivity contribution in [3.05, 3.63) is 35.7 Å². The highest BCUT2D eigenvalue weighted by atomic mass is 19.4. The lowest BCUT2D eigenvalue weighted by Gasteiger charge is -2.17. The van der Waals surface area contributed by atoms with Crippen LogP contribution in [0.5, 0.6) is 0 Å². The lowest BCUT2D eigenvalue weighted by atomic mass is 10.1. The number of hydrogen-bond acceptors (Lipinski definition) is 5. The van der Waals surface area contributed by atoms with Crippen LogP contribution in [0, 0.1) is 0 Å². The van der Waals surface area contributed by atoms with E-state index in [1.807, 2.05) is 13.8 Å². The Bertz CT molecular complexity index is 733. The van der Waals surface area contributed by atoms with E-state index < -0.39 is 12.1 Å². The molecule has 0 saturated carbocycles. The van der Waals surface area contributed by atoms with Crippen molar-refractivity contribution in [1.82, 2.24) is 10.1 Å². The van der Waals surface area contributed by atoms with Gasteiger partial charge < -0.3 is 9.26 Å². The van der Waals surface area contributed by atoms with Gasteiger partial charge in [0.25, 0.3) is 0 Å². The zero-order valence-corrected chi connectivity index (χ0v) is 12.5. The van der Waals surface area contributed by atoms with Gasteiger partial charge in [0.05, 0.1) is 6.54 Å². The van der Waals surface area contributed by atoms with E-state index in [1.165, 1.54) is 0 Å². The summed E-state index contributed by atoms with van der Waals surface area (Å²) in [7, 11) is 0. The second-order valence-corrected chi connectivity index (χ2v) is 5.87. The van der Waals surface area contributed by atoms with Crippen LogP contribution in [0.1, 0.15) is 25.3 Å². The molecule has 1 aliphatic rings. The Kier molecular flexibility index (Phi) is 3.62. The number of alkyl halides is 3. The van der Waals surface area contributed by atoms with E-state index in [4.69, 9.17) is 4.74 Å². The monoisotopic (exact) mass is 325 g/mol. The summed E-state index contributed by atoms with van der Waals surface area (Å²) in [5, 5.41) is 3.35. The fourth-order valence-electron chi connectivity index (χ4n) is 2.16. The van der Waals surface area contributed by atoms with Crippen molar-refractivity contribution in [2.24, 2.45) is 4.99 Å². The van der Waals surface area contributed by atoms with Gasteiger partial charge in [0.2, 0.25) is 5.82 Å². The first-order chi connectivity index (χ1) is 10.7. The Balaban J connectivity index is 1.71. The molecule has 0 spiro atoms. The molecule has 0 aliphatic carbocycles. The molecule has 3 rings (SSSR count). The average molecular weight is 325 g/mol. The quantitative estimate of drug-likeness (QED) is 0.866. The lowest BCUT2D eigenvalue weighted by molar-refractivity contribution is -0.159. The minimum Gasteiger partial charge on any atom is -0.473 e. The molecule has 0 atom stereocenters. The number of hydrogen-bond donors (Lipinski definition) is 0. The molecule has 0 radical (unpaired) electrons. The minimum atomic E-state index is -4.64. The number of rotatable bonds is 3. The van der Waals surface area contributed by atoms with Crippen LogP contribution in [0.2, 0.25) is 0 Å². The zero-order chi connectivity index (χ0) is 16.7. The number of benzene rings is 1. The second-order valence-electron chi connectivity index (χ2n) is 5.87. The Labute approximate surface area is 130 Å². The predicted octanol–water partition coefficient (Wildman–Crippen LogP) is 3.51. The second kappa shape index (κ2) is 5.36. The van der Waals surface area contributed by atoms with Crippen LogP contribution in [-0.4, -0.2) is 28.2 Å². The summed E-state index contributed by atoms with van der Waals surface area (Å²) in [5.74, 6) is -0.798. The molecular formula is C15H14F3N3O2. The molecule has 2 heterocycles. The van der Waals surface area contributed by atoms with Crippen LogP contribution in [0.4, 0.5) is 13.2 Å². The molecule has 1 aliphatic heterocycles. The van der Waals surface area contributed by atoms with Crippen molar-refractivity contribution in [2.75, 3.05) is 6.54 Å². The fourth-order valence-corrected chi connectivity index (χ4v) is 2.16. The number of aliphatic imine (C=N–C) groups is 1. The van der Waals surface area contributed by atoms with Crippen molar-refractivity contribution in [1.29, 1.82) is 0 Å². The summed E-state index contributed by atoms with van der Waals surface area (Å²) >= 11 is 0. The van der Waals surface area contributed by atoms with Crippen LogP contribution < -0.4 is 0 Å². The molecule has 0 amide bonds. The van der Waals surface area contributed by atoms with Crippen molar-refractivity contribution in [3.8, 4) is 11.4 Å². The standard InChI is InChI=1S/C15H14F3N3O2/c1-14(2)8-19-11(22-14)7-9-3-5-10(6-4-9)12-20-13(23-21-12)15(16,17)18/h3-6H,7-8H2,1-2H3. The van der Waals surface area contributed by atoms with Gasteiger partial charge in [-0.1, -0.05) is 29.4 Å². The van der Waals surface area contributed by atoms with E-state index in [1.54, 1.807) is 24.3 Å². The van der Waals surface area contributed by atoms with Gasteiger partial charge in [-0.3, -0.25) is 4.99 Å². The van der Waals surface area contributed by atoms with E-state index in [2.05, 4.69) is 19.7 Å². The van der Waals surface area contributed by atoms with Gasteiger partial charge in [-0.25, -0.2) is 0 Å². The third kappa shape index (κ3) is 3.52. The van der Waals surface area contributed by atoms with Crippen LogP contribution in [0.15, 0.2) is 33.8 Å². The maximum Gasteiger partial charge on any atom is 0.471 e. The average Bonchev–Trinajstić information content (AvgIpc) is 3.06. The van der Waals surface area contributed by atoms with Gasteiger partial charge in [-0.2, -0.15) is 18.2 Å².